The Morgan fingerprint density at radius 2 is 2.00 bits per heavy atom. The topological polar surface area (TPSA) is 47.6 Å². The lowest BCUT2D eigenvalue weighted by Gasteiger charge is -2.21. The van der Waals surface area contributed by atoms with Gasteiger partial charge in [-0.3, -0.25) is 4.79 Å². The van der Waals surface area contributed by atoms with Crippen LogP contribution < -0.4 is 14.8 Å². The fraction of sp³-hybridized carbons (Fsp3) is 0.278. The maximum Gasteiger partial charge on any atom is 0.225 e. The molecule has 2 aromatic rings. The van der Waals surface area contributed by atoms with Crippen molar-refractivity contribution < 1.29 is 18.7 Å². The summed E-state index contributed by atoms with van der Waals surface area (Å²) in [7, 11) is 0. The molecule has 1 atom stereocenters. The van der Waals surface area contributed by atoms with Crippen LogP contribution in [0.25, 0.3) is 0 Å². The first kappa shape index (κ1) is 16.6. The molecule has 3 rings (SSSR count). The predicted octanol–water partition coefficient (Wildman–Crippen LogP) is 3.67. The Balaban J connectivity index is 1.68. The summed E-state index contributed by atoms with van der Waals surface area (Å²) in [6.45, 7) is 2.89. The van der Waals surface area contributed by atoms with E-state index in [4.69, 9.17) is 21.1 Å². The summed E-state index contributed by atoms with van der Waals surface area (Å²) >= 11 is 5.96. The molecule has 6 heteroatoms. The SMILES string of the molecule is CC(NC(=O)Cc1c(F)cccc1Cl)c1ccc2c(c1)OCCO2. The zero-order chi connectivity index (χ0) is 17.1. The number of hydrogen-bond donors (Lipinski definition) is 1. The standard InChI is InChI=1S/C18H17ClFNO3/c1-11(12-5-6-16-17(9-12)24-8-7-23-16)21-18(22)10-13-14(19)3-2-4-15(13)20/h2-6,9,11H,7-8,10H2,1H3,(H,21,22). The Morgan fingerprint density at radius 1 is 1.25 bits per heavy atom. The van der Waals surface area contributed by atoms with E-state index < -0.39 is 5.82 Å². The highest BCUT2D eigenvalue weighted by molar-refractivity contribution is 6.31. The number of hydrogen-bond acceptors (Lipinski definition) is 3. The number of rotatable bonds is 4. The maximum absolute atomic E-state index is 13.8. The van der Waals surface area contributed by atoms with Gasteiger partial charge < -0.3 is 14.8 Å². The maximum atomic E-state index is 13.8. The molecule has 126 valence electrons. The van der Waals surface area contributed by atoms with Gasteiger partial charge in [-0.1, -0.05) is 23.7 Å². The van der Waals surface area contributed by atoms with Crippen LogP contribution >= 0.6 is 11.6 Å². The van der Waals surface area contributed by atoms with Crippen LogP contribution in [0.15, 0.2) is 36.4 Å². The molecule has 1 amide bonds. The lowest BCUT2D eigenvalue weighted by molar-refractivity contribution is -0.121. The Hall–Kier alpha value is -2.27. The van der Waals surface area contributed by atoms with E-state index in [-0.39, 0.29) is 29.0 Å². The number of ether oxygens (including phenoxy) is 2. The third-order valence-electron chi connectivity index (χ3n) is 3.84. The van der Waals surface area contributed by atoms with Crippen molar-refractivity contribution in [2.24, 2.45) is 0 Å². The van der Waals surface area contributed by atoms with Crippen LogP contribution in [-0.2, 0) is 11.2 Å². The average Bonchev–Trinajstić information content (AvgIpc) is 2.58. The molecule has 1 aliphatic heterocycles. The van der Waals surface area contributed by atoms with Crippen molar-refractivity contribution >= 4 is 17.5 Å². The minimum absolute atomic E-state index is 0.111. The lowest BCUT2D eigenvalue weighted by atomic mass is 10.1. The molecule has 1 unspecified atom stereocenters. The van der Waals surface area contributed by atoms with E-state index in [1.165, 1.54) is 12.1 Å². The third kappa shape index (κ3) is 3.62. The molecule has 0 spiro atoms. The molecule has 24 heavy (non-hydrogen) atoms. The van der Waals surface area contributed by atoms with Crippen LogP contribution in [0.5, 0.6) is 11.5 Å². The van der Waals surface area contributed by atoms with Crippen molar-refractivity contribution in [3.8, 4) is 11.5 Å². The Bertz CT molecular complexity index is 746. The first-order valence-electron chi connectivity index (χ1n) is 7.66. The van der Waals surface area contributed by atoms with Gasteiger partial charge in [0.05, 0.1) is 12.5 Å². The Kier molecular flexibility index (Phi) is 4.90. The number of benzene rings is 2. The summed E-state index contributed by atoms with van der Waals surface area (Å²) in [6, 6.07) is 9.65. The zero-order valence-corrected chi connectivity index (χ0v) is 13.9. The van der Waals surface area contributed by atoms with Gasteiger partial charge in [-0.2, -0.15) is 0 Å². The van der Waals surface area contributed by atoms with Gasteiger partial charge in [0.2, 0.25) is 5.91 Å². The van der Waals surface area contributed by atoms with Crippen LogP contribution in [-0.4, -0.2) is 19.1 Å². The molecule has 0 bridgehead atoms. The second-order valence-electron chi connectivity index (χ2n) is 5.57. The molecule has 0 saturated heterocycles. The fourth-order valence-corrected chi connectivity index (χ4v) is 2.80. The smallest absolute Gasteiger partial charge is 0.225 e. The quantitative estimate of drug-likeness (QED) is 0.916. The van der Waals surface area contributed by atoms with Crippen molar-refractivity contribution in [2.75, 3.05) is 13.2 Å². The van der Waals surface area contributed by atoms with Gasteiger partial charge >= 0.3 is 0 Å². The molecular formula is C18H17ClFNO3. The van der Waals surface area contributed by atoms with Crippen molar-refractivity contribution in [3.05, 3.63) is 58.4 Å². The highest BCUT2D eigenvalue weighted by atomic mass is 35.5. The minimum Gasteiger partial charge on any atom is -0.486 e. The van der Waals surface area contributed by atoms with Gasteiger partial charge in [-0.15, -0.1) is 0 Å². The van der Waals surface area contributed by atoms with Crippen LogP contribution in [0, 0.1) is 5.82 Å². The fourth-order valence-electron chi connectivity index (χ4n) is 2.57. The van der Waals surface area contributed by atoms with Crippen molar-refractivity contribution in [1.29, 1.82) is 0 Å². The Morgan fingerprint density at radius 3 is 2.75 bits per heavy atom. The zero-order valence-electron chi connectivity index (χ0n) is 13.1. The van der Waals surface area contributed by atoms with E-state index in [1.54, 1.807) is 6.07 Å². The average molecular weight is 350 g/mol. The highest BCUT2D eigenvalue weighted by Gasteiger charge is 2.17. The number of fused-ring (bicyclic) bond motifs is 1. The summed E-state index contributed by atoms with van der Waals surface area (Å²) < 4.78 is 24.8. The molecule has 1 heterocycles. The van der Waals surface area contributed by atoms with Gasteiger partial charge in [0.25, 0.3) is 0 Å². The lowest BCUT2D eigenvalue weighted by Crippen LogP contribution is -2.28. The first-order chi connectivity index (χ1) is 11.5. The van der Waals surface area contributed by atoms with Gasteiger partial charge in [-0.05, 0) is 36.8 Å². The molecular weight excluding hydrogens is 333 g/mol. The van der Waals surface area contributed by atoms with E-state index in [2.05, 4.69) is 5.32 Å². The molecule has 4 nitrogen and oxygen atoms in total. The summed E-state index contributed by atoms with van der Waals surface area (Å²) in [6.07, 6.45) is -0.111. The molecule has 0 saturated carbocycles. The van der Waals surface area contributed by atoms with E-state index in [1.807, 2.05) is 25.1 Å². The number of amides is 1. The van der Waals surface area contributed by atoms with E-state index in [0.29, 0.717) is 24.7 Å². The number of carbonyl (C=O) groups excluding carboxylic acids is 1. The van der Waals surface area contributed by atoms with E-state index in [9.17, 15) is 9.18 Å². The van der Waals surface area contributed by atoms with Gasteiger partial charge in [-0.25, -0.2) is 4.39 Å². The Labute approximate surface area is 144 Å². The van der Waals surface area contributed by atoms with E-state index in [0.717, 1.165) is 5.56 Å². The molecule has 0 aliphatic carbocycles. The summed E-state index contributed by atoms with van der Waals surface area (Å²) in [5, 5.41) is 3.09. The molecule has 0 radical (unpaired) electrons. The monoisotopic (exact) mass is 349 g/mol. The second kappa shape index (κ2) is 7.09. The summed E-state index contributed by atoms with van der Waals surface area (Å²) in [5.41, 5.74) is 1.08. The van der Waals surface area contributed by atoms with Gasteiger partial charge in [0.15, 0.2) is 11.5 Å². The largest absolute Gasteiger partial charge is 0.486 e. The normalized spacial score (nSPS) is 14.1. The van der Waals surface area contributed by atoms with Crippen LogP contribution in [0.1, 0.15) is 24.1 Å². The molecule has 1 N–H and O–H groups in total. The molecule has 0 fully saturated rings. The van der Waals surface area contributed by atoms with Gasteiger partial charge in [0.1, 0.15) is 19.0 Å². The summed E-state index contributed by atoms with van der Waals surface area (Å²) in [4.78, 5) is 12.2. The van der Waals surface area contributed by atoms with Crippen molar-refractivity contribution in [3.63, 3.8) is 0 Å². The van der Waals surface area contributed by atoms with Crippen LogP contribution in [0.2, 0.25) is 5.02 Å². The molecule has 2 aromatic carbocycles. The van der Waals surface area contributed by atoms with Crippen LogP contribution in [0.3, 0.4) is 0 Å². The van der Waals surface area contributed by atoms with E-state index >= 15 is 0 Å². The highest BCUT2D eigenvalue weighted by Crippen LogP contribution is 2.32. The number of halogens is 2. The first-order valence-corrected chi connectivity index (χ1v) is 8.04. The number of carbonyl (C=O) groups is 1. The summed E-state index contributed by atoms with van der Waals surface area (Å²) in [5.74, 6) is 0.577. The minimum atomic E-state index is -0.482. The number of nitrogens with one attached hydrogen (secondary N) is 1. The molecule has 0 aromatic heterocycles. The van der Waals surface area contributed by atoms with Crippen molar-refractivity contribution in [1.82, 2.24) is 5.32 Å². The van der Waals surface area contributed by atoms with Crippen molar-refractivity contribution in [2.45, 2.75) is 19.4 Å². The van der Waals surface area contributed by atoms with Gasteiger partial charge in [0, 0.05) is 10.6 Å². The second-order valence-corrected chi connectivity index (χ2v) is 5.98. The molecule has 1 aliphatic rings. The predicted molar refractivity (Wildman–Crippen MR) is 89.1 cm³/mol. The van der Waals surface area contributed by atoms with Crippen LogP contribution in [0.4, 0.5) is 4.39 Å². The third-order valence-corrected chi connectivity index (χ3v) is 4.20.